The molecule has 0 bridgehead atoms. The Bertz CT molecular complexity index is 302. The van der Waals surface area contributed by atoms with Crippen molar-refractivity contribution in [2.45, 2.75) is 40.0 Å². The van der Waals surface area contributed by atoms with Gasteiger partial charge in [0.1, 0.15) is 6.61 Å². The van der Waals surface area contributed by atoms with E-state index in [4.69, 9.17) is 5.11 Å². The van der Waals surface area contributed by atoms with Crippen LogP contribution in [0.15, 0.2) is 18.2 Å². The van der Waals surface area contributed by atoms with Gasteiger partial charge in [-0.25, -0.2) is 0 Å². The molecule has 1 radical (unpaired) electrons. The van der Waals surface area contributed by atoms with Gasteiger partial charge in [0.15, 0.2) is 0 Å². The minimum atomic E-state index is 0.661. The maximum Gasteiger partial charge on any atom is 0.109 e. The average molecular weight is 205 g/mol. The van der Waals surface area contributed by atoms with Crippen molar-refractivity contribution in [2.75, 3.05) is 0 Å². The van der Waals surface area contributed by atoms with Crippen molar-refractivity contribution in [1.29, 1.82) is 0 Å². The minimum absolute atomic E-state index is 0.661. The molecule has 0 saturated heterocycles. The Labute approximate surface area is 93.1 Å². The van der Waals surface area contributed by atoms with Gasteiger partial charge in [-0.3, -0.25) is 0 Å². The summed E-state index contributed by atoms with van der Waals surface area (Å²) in [5.41, 5.74) is 3.59. The molecule has 0 fully saturated rings. The van der Waals surface area contributed by atoms with Gasteiger partial charge in [0.2, 0.25) is 0 Å². The fourth-order valence-electron chi connectivity index (χ4n) is 1.89. The molecule has 0 saturated carbocycles. The Morgan fingerprint density at radius 3 is 2.40 bits per heavy atom. The molecule has 0 aliphatic heterocycles. The molecule has 0 aliphatic carbocycles. The topological polar surface area (TPSA) is 20.2 Å². The highest BCUT2D eigenvalue weighted by Gasteiger charge is 2.02. The van der Waals surface area contributed by atoms with Gasteiger partial charge in [-0.1, -0.05) is 45.4 Å². The Balaban J connectivity index is 2.89. The van der Waals surface area contributed by atoms with E-state index in [9.17, 15) is 0 Å². The van der Waals surface area contributed by atoms with E-state index in [1.165, 1.54) is 17.7 Å². The molecule has 1 aromatic rings. The third-order valence-electron chi connectivity index (χ3n) is 2.41. The predicted octanol–water partition coefficient (Wildman–Crippen LogP) is 3.72. The summed E-state index contributed by atoms with van der Waals surface area (Å²) >= 11 is 0. The van der Waals surface area contributed by atoms with E-state index < -0.39 is 0 Å². The summed E-state index contributed by atoms with van der Waals surface area (Å²) in [5, 5.41) is 9.06. The van der Waals surface area contributed by atoms with Crippen molar-refractivity contribution in [1.82, 2.24) is 0 Å². The van der Waals surface area contributed by atoms with Crippen LogP contribution < -0.4 is 0 Å². The second-order valence-corrected chi connectivity index (χ2v) is 4.56. The van der Waals surface area contributed by atoms with Crippen LogP contribution >= 0.6 is 0 Å². The monoisotopic (exact) mass is 205 g/mol. The van der Waals surface area contributed by atoms with Gasteiger partial charge >= 0.3 is 0 Å². The first-order chi connectivity index (χ1) is 7.15. The normalized spacial score (nSPS) is 11.0. The molecule has 0 aromatic heterocycles. The molecular weight excluding hydrogens is 184 g/mol. The molecule has 1 N–H and O–H groups in total. The lowest BCUT2D eigenvalue weighted by molar-refractivity contribution is 0.414. The van der Waals surface area contributed by atoms with E-state index in [2.05, 4.69) is 39.0 Å². The zero-order chi connectivity index (χ0) is 11.3. The Hall–Kier alpha value is -0.820. The van der Waals surface area contributed by atoms with Crippen LogP contribution in [-0.4, -0.2) is 5.11 Å². The van der Waals surface area contributed by atoms with Crippen LogP contribution in [0.2, 0.25) is 0 Å². The number of rotatable bonds is 5. The van der Waals surface area contributed by atoms with Gasteiger partial charge in [0, 0.05) is 0 Å². The Kier molecular flexibility index (Phi) is 4.83. The lowest BCUT2D eigenvalue weighted by Gasteiger charge is -2.09. The van der Waals surface area contributed by atoms with Crippen molar-refractivity contribution >= 4 is 0 Å². The first-order valence-electron chi connectivity index (χ1n) is 5.76. The standard InChI is InChI=1S/C14H21O/c1-4-5-12-7-13(6-11(2)3)9-14(8-12)10-15/h7-11,15H,4-6H2,1-3H3. The van der Waals surface area contributed by atoms with Crippen LogP contribution in [0, 0.1) is 12.5 Å². The van der Waals surface area contributed by atoms with E-state index in [1.54, 1.807) is 0 Å². The molecule has 0 aliphatic rings. The maximum atomic E-state index is 9.06. The Morgan fingerprint density at radius 1 is 1.20 bits per heavy atom. The Morgan fingerprint density at radius 2 is 1.87 bits per heavy atom. The number of hydrogen-bond acceptors (Lipinski definition) is 1. The average Bonchev–Trinajstić information content (AvgIpc) is 2.16. The van der Waals surface area contributed by atoms with Gasteiger partial charge in [0.05, 0.1) is 0 Å². The third kappa shape index (κ3) is 4.05. The molecule has 0 atom stereocenters. The van der Waals surface area contributed by atoms with Gasteiger partial charge in [-0.15, -0.1) is 0 Å². The van der Waals surface area contributed by atoms with Crippen LogP contribution in [-0.2, 0) is 12.8 Å². The zero-order valence-corrected chi connectivity index (χ0v) is 9.96. The molecular formula is C14H21O. The van der Waals surface area contributed by atoms with E-state index in [0.717, 1.165) is 24.8 Å². The molecule has 1 aromatic carbocycles. The number of aliphatic hydroxyl groups excluding tert-OH is 1. The molecule has 15 heavy (non-hydrogen) atoms. The predicted molar refractivity (Wildman–Crippen MR) is 64.3 cm³/mol. The molecule has 0 unspecified atom stereocenters. The van der Waals surface area contributed by atoms with Crippen LogP contribution in [0.4, 0.5) is 0 Å². The number of aliphatic hydroxyl groups is 1. The van der Waals surface area contributed by atoms with Gasteiger partial charge < -0.3 is 5.11 Å². The molecule has 0 heterocycles. The van der Waals surface area contributed by atoms with E-state index in [1.807, 2.05) is 0 Å². The van der Waals surface area contributed by atoms with Crippen LogP contribution in [0.5, 0.6) is 0 Å². The second kappa shape index (κ2) is 5.92. The summed E-state index contributed by atoms with van der Waals surface area (Å²) < 4.78 is 0. The second-order valence-electron chi connectivity index (χ2n) is 4.56. The van der Waals surface area contributed by atoms with Gasteiger partial charge in [0.25, 0.3) is 0 Å². The lowest BCUT2D eigenvalue weighted by Crippen LogP contribution is -1.97. The highest BCUT2D eigenvalue weighted by molar-refractivity contribution is 5.33. The summed E-state index contributed by atoms with van der Waals surface area (Å²) in [5.74, 6) is 0.661. The third-order valence-corrected chi connectivity index (χ3v) is 2.41. The number of aryl methyl sites for hydroxylation is 1. The first-order valence-corrected chi connectivity index (χ1v) is 5.76. The summed E-state index contributed by atoms with van der Waals surface area (Å²) in [6, 6.07) is 6.39. The van der Waals surface area contributed by atoms with E-state index in [-0.39, 0.29) is 0 Å². The fourth-order valence-corrected chi connectivity index (χ4v) is 1.89. The highest BCUT2D eigenvalue weighted by Crippen LogP contribution is 2.16. The lowest BCUT2D eigenvalue weighted by atomic mass is 9.97. The molecule has 1 nitrogen and oxygen atoms in total. The molecule has 1 heteroatoms. The van der Waals surface area contributed by atoms with Gasteiger partial charge in [-0.05, 0) is 35.4 Å². The summed E-state index contributed by atoms with van der Waals surface area (Å²) in [7, 11) is 0. The van der Waals surface area contributed by atoms with Crippen molar-refractivity contribution in [3.8, 4) is 0 Å². The molecule has 0 spiro atoms. The SMILES string of the molecule is CCCc1cc([CH]O)cc(CC(C)C)c1. The fraction of sp³-hybridized carbons (Fsp3) is 0.500. The van der Waals surface area contributed by atoms with Crippen LogP contribution in [0.1, 0.15) is 43.9 Å². The first kappa shape index (κ1) is 12.3. The maximum absolute atomic E-state index is 9.06. The summed E-state index contributed by atoms with van der Waals surface area (Å²) in [6.45, 7) is 7.81. The van der Waals surface area contributed by atoms with Crippen molar-refractivity contribution in [3.05, 3.63) is 41.5 Å². The smallest absolute Gasteiger partial charge is 0.109 e. The molecule has 0 amide bonds. The molecule has 1 rings (SSSR count). The van der Waals surface area contributed by atoms with Gasteiger partial charge in [-0.2, -0.15) is 0 Å². The summed E-state index contributed by atoms with van der Waals surface area (Å²) in [6.07, 6.45) is 3.32. The van der Waals surface area contributed by atoms with Crippen molar-refractivity contribution in [3.63, 3.8) is 0 Å². The quantitative estimate of drug-likeness (QED) is 0.776. The van der Waals surface area contributed by atoms with Crippen LogP contribution in [0.25, 0.3) is 0 Å². The number of hydrogen-bond donors (Lipinski definition) is 1. The zero-order valence-electron chi connectivity index (χ0n) is 9.96. The minimum Gasteiger partial charge on any atom is -0.385 e. The largest absolute Gasteiger partial charge is 0.385 e. The van der Waals surface area contributed by atoms with E-state index >= 15 is 0 Å². The highest BCUT2D eigenvalue weighted by atomic mass is 16.3. The van der Waals surface area contributed by atoms with Crippen LogP contribution in [0.3, 0.4) is 0 Å². The van der Waals surface area contributed by atoms with Crippen molar-refractivity contribution in [2.24, 2.45) is 5.92 Å². The summed E-state index contributed by atoms with van der Waals surface area (Å²) in [4.78, 5) is 0. The van der Waals surface area contributed by atoms with E-state index in [0.29, 0.717) is 5.92 Å². The van der Waals surface area contributed by atoms with Crippen molar-refractivity contribution < 1.29 is 5.11 Å². The molecule has 83 valence electrons. The number of benzene rings is 1.